The molecule has 1 atom stereocenters. The average Bonchev–Trinajstić information content (AvgIpc) is 3.50. The molecule has 1 amide bonds. The third-order valence-electron chi connectivity index (χ3n) is 5.96. The van der Waals surface area contributed by atoms with Crippen LogP contribution in [0, 0.1) is 18.8 Å². The first-order valence-electron chi connectivity index (χ1n) is 11.6. The maximum Gasteiger partial charge on any atom is 0.246 e. The molecule has 0 spiro atoms. The number of amides is 1. The fourth-order valence-corrected chi connectivity index (χ4v) is 4.95. The maximum absolute atomic E-state index is 12.2. The van der Waals surface area contributed by atoms with Gasteiger partial charge in [0.1, 0.15) is 30.2 Å². The van der Waals surface area contributed by atoms with Gasteiger partial charge in [0.05, 0.1) is 21.3 Å². The van der Waals surface area contributed by atoms with Crippen LogP contribution in [0.1, 0.15) is 40.0 Å². The lowest BCUT2D eigenvalue weighted by Gasteiger charge is -2.32. The number of nitrogens with two attached hydrogens (primary N) is 1. The van der Waals surface area contributed by atoms with Crippen LogP contribution in [-0.2, 0) is 11.4 Å². The standard InChI is InChI=1S/C26H25N7O2S/c1-3-23(34)32-11-5-7-19(14-32)33-26-24(25(27)29-16-30-26)22(31-33)10-9-18-6-4-8-20(12-18)35-15-21-13-28-17(2)36-21/h3-4,6,8,12-13,16,19H,1,5,7,11,14-15H2,2H3,(H2,27,29,30)/t19-/m1/s1. The SMILES string of the molecule is C=CC(=O)N1CCC[C@@H](n2nc(C#Cc3cccc(OCc4cnc(C)s4)c3)c3c(N)ncnc32)C1. The third kappa shape index (κ3) is 4.92. The monoisotopic (exact) mass is 499 g/mol. The molecule has 0 bridgehead atoms. The summed E-state index contributed by atoms with van der Waals surface area (Å²) in [6.45, 7) is 7.26. The largest absolute Gasteiger partial charge is 0.488 e. The predicted octanol–water partition coefficient (Wildman–Crippen LogP) is 3.50. The quantitative estimate of drug-likeness (QED) is 0.330. The Bertz CT molecular complexity index is 1500. The number of carbonyl (C=O) groups is 1. The normalized spacial score (nSPS) is 15.4. The average molecular weight is 500 g/mol. The molecular formula is C26H25N7O2S. The Labute approximate surface area is 212 Å². The molecule has 1 aromatic carbocycles. The van der Waals surface area contributed by atoms with Gasteiger partial charge in [-0.3, -0.25) is 4.79 Å². The first kappa shape index (κ1) is 23.5. The Kier molecular flexibility index (Phi) is 6.64. The van der Waals surface area contributed by atoms with Crippen LogP contribution in [0.25, 0.3) is 11.0 Å². The van der Waals surface area contributed by atoms with Crippen LogP contribution in [0.5, 0.6) is 5.75 Å². The first-order valence-corrected chi connectivity index (χ1v) is 12.4. The molecule has 0 unspecified atom stereocenters. The molecule has 0 saturated carbocycles. The number of rotatable bonds is 5. The van der Waals surface area contributed by atoms with Gasteiger partial charge in [0.15, 0.2) is 5.65 Å². The lowest BCUT2D eigenvalue weighted by Crippen LogP contribution is -2.40. The van der Waals surface area contributed by atoms with E-state index in [2.05, 4.69) is 33.4 Å². The van der Waals surface area contributed by atoms with E-state index in [1.807, 2.05) is 42.1 Å². The smallest absolute Gasteiger partial charge is 0.246 e. The Hall–Kier alpha value is -4.23. The van der Waals surface area contributed by atoms with Gasteiger partial charge in [-0.25, -0.2) is 19.6 Å². The molecule has 182 valence electrons. The minimum atomic E-state index is -0.0853. The number of aromatic nitrogens is 5. The van der Waals surface area contributed by atoms with Crippen molar-refractivity contribution in [3.05, 3.63) is 70.6 Å². The summed E-state index contributed by atoms with van der Waals surface area (Å²) >= 11 is 1.61. The Morgan fingerprint density at radius 2 is 2.22 bits per heavy atom. The highest BCUT2D eigenvalue weighted by Gasteiger charge is 2.27. The number of benzene rings is 1. The van der Waals surface area contributed by atoms with E-state index < -0.39 is 0 Å². The van der Waals surface area contributed by atoms with Crippen molar-refractivity contribution in [3.63, 3.8) is 0 Å². The maximum atomic E-state index is 12.2. The number of hydrogen-bond donors (Lipinski definition) is 1. The Morgan fingerprint density at radius 3 is 3.03 bits per heavy atom. The van der Waals surface area contributed by atoms with Crippen molar-refractivity contribution in [1.29, 1.82) is 0 Å². The van der Waals surface area contributed by atoms with Gasteiger partial charge in [-0.1, -0.05) is 18.6 Å². The van der Waals surface area contributed by atoms with Gasteiger partial charge >= 0.3 is 0 Å². The number of nitrogen functional groups attached to an aromatic ring is 1. The summed E-state index contributed by atoms with van der Waals surface area (Å²) in [5.41, 5.74) is 8.11. The summed E-state index contributed by atoms with van der Waals surface area (Å²) in [6, 6.07) is 7.56. The van der Waals surface area contributed by atoms with Gasteiger partial charge in [-0.2, -0.15) is 5.10 Å². The lowest BCUT2D eigenvalue weighted by molar-refractivity contribution is -0.127. The molecular weight excluding hydrogens is 474 g/mol. The molecule has 3 aromatic heterocycles. The van der Waals surface area contributed by atoms with E-state index in [0.29, 0.717) is 42.2 Å². The highest BCUT2D eigenvalue weighted by molar-refractivity contribution is 7.11. The molecule has 4 heterocycles. The van der Waals surface area contributed by atoms with E-state index in [1.165, 1.54) is 12.4 Å². The lowest BCUT2D eigenvalue weighted by atomic mass is 10.1. The van der Waals surface area contributed by atoms with Crippen molar-refractivity contribution in [3.8, 4) is 17.6 Å². The van der Waals surface area contributed by atoms with E-state index in [1.54, 1.807) is 16.2 Å². The van der Waals surface area contributed by atoms with Crippen LogP contribution >= 0.6 is 11.3 Å². The number of piperidine rings is 1. The van der Waals surface area contributed by atoms with Crippen molar-refractivity contribution < 1.29 is 9.53 Å². The zero-order valence-electron chi connectivity index (χ0n) is 19.8. The molecule has 5 rings (SSSR count). The van der Waals surface area contributed by atoms with Crippen LogP contribution in [0.3, 0.4) is 0 Å². The Balaban J connectivity index is 1.42. The summed E-state index contributed by atoms with van der Waals surface area (Å²) in [6.07, 6.45) is 6.33. The van der Waals surface area contributed by atoms with Crippen molar-refractivity contribution in [1.82, 2.24) is 29.6 Å². The van der Waals surface area contributed by atoms with Crippen molar-refractivity contribution in [2.45, 2.75) is 32.4 Å². The zero-order chi connectivity index (χ0) is 25.1. The van der Waals surface area contributed by atoms with Gasteiger partial charge in [0.25, 0.3) is 0 Å². The molecule has 2 N–H and O–H groups in total. The molecule has 10 heteroatoms. The number of likely N-dealkylation sites (tertiary alicyclic amines) is 1. The van der Waals surface area contributed by atoms with Crippen LogP contribution in [0.2, 0.25) is 0 Å². The molecule has 36 heavy (non-hydrogen) atoms. The minimum absolute atomic E-state index is 0.0397. The highest BCUT2D eigenvalue weighted by Crippen LogP contribution is 2.28. The molecule has 9 nitrogen and oxygen atoms in total. The second-order valence-electron chi connectivity index (χ2n) is 8.45. The molecule has 1 saturated heterocycles. The zero-order valence-corrected chi connectivity index (χ0v) is 20.7. The van der Waals surface area contributed by atoms with Gasteiger partial charge in [-0.05, 0) is 50.0 Å². The predicted molar refractivity (Wildman–Crippen MR) is 138 cm³/mol. The molecule has 0 radical (unpaired) electrons. The van der Waals surface area contributed by atoms with E-state index in [0.717, 1.165) is 34.0 Å². The third-order valence-corrected chi connectivity index (χ3v) is 6.84. The second kappa shape index (κ2) is 10.2. The summed E-state index contributed by atoms with van der Waals surface area (Å²) in [5.74, 6) is 7.28. The first-order chi connectivity index (χ1) is 17.5. The summed E-state index contributed by atoms with van der Waals surface area (Å²) in [4.78, 5) is 27.9. The van der Waals surface area contributed by atoms with E-state index >= 15 is 0 Å². The van der Waals surface area contributed by atoms with E-state index in [4.69, 9.17) is 15.6 Å². The van der Waals surface area contributed by atoms with Gasteiger partial charge in [0.2, 0.25) is 5.91 Å². The number of nitrogens with zero attached hydrogens (tertiary/aromatic N) is 6. The number of carbonyl (C=O) groups excluding carboxylic acids is 1. The minimum Gasteiger partial charge on any atom is -0.488 e. The number of fused-ring (bicyclic) bond motifs is 1. The number of anilines is 1. The summed E-state index contributed by atoms with van der Waals surface area (Å²) < 4.78 is 7.74. The number of ether oxygens (including phenoxy) is 1. The second-order valence-corrected chi connectivity index (χ2v) is 9.77. The van der Waals surface area contributed by atoms with Gasteiger partial charge < -0.3 is 15.4 Å². The molecule has 1 fully saturated rings. The van der Waals surface area contributed by atoms with E-state index in [-0.39, 0.29) is 11.9 Å². The van der Waals surface area contributed by atoms with Crippen LogP contribution in [0.4, 0.5) is 5.82 Å². The number of thiazole rings is 1. The van der Waals surface area contributed by atoms with Gasteiger partial charge in [-0.15, -0.1) is 11.3 Å². The molecule has 0 aliphatic carbocycles. The van der Waals surface area contributed by atoms with Crippen molar-refractivity contribution in [2.24, 2.45) is 0 Å². The summed E-state index contributed by atoms with van der Waals surface area (Å²) in [5, 5.41) is 6.40. The fraction of sp³-hybridized carbons (Fsp3) is 0.269. The van der Waals surface area contributed by atoms with Crippen LogP contribution < -0.4 is 10.5 Å². The van der Waals surface area contributed by atoms with Gasteiger partial charge in [0, 0.05) is 24.8 Å². The Morgan fingerprint density at radius 1 is 1.33 bits per heavy atom. The topological polar surface area (TPSA) is 112 Å². The van der Waals surface area contributed by atoms with Crippen molar-refractivity contribution in [2.75, 3.05) is 18.8 Å². The number of hydrogen-bond acceptors (Lipinski definition) is 8. The van der Waals surface area contributed by atoms with Crippen LogP contribution in [0.15, 0.2) is 49.4 Å². The van der Waals surface area contributed by atoms with E-state index in [9.17, 15) is 4.79 Å². The van der Waals surface area contributed by atoms with Crippen LogP contribution in [-0.4, -0.2) is 48.6 Å². The number of aryl methyl sites for hydroxylation is 1. The summed E-state index contributed by atoms with van der Waals surface area (Å²) in [7, 11) is 0. The molecule has 4 aromatic rings. The van der Waals surface area contributed by atoms with Crippen molar-refractivity contribution >= 4 is 34.1 Å². The molecule has 1 aliphatic heterocycles. The fourth-order valence-electron chi connectivity index (χ4n) is 4.24. The highest BCUT2D eigenvalue weighted by atomic mass is 32.1. The molecule has 1 aliphatic rings.